The van der Waals surface area contributed by atoms with Crippen molar-refractivity contribution in [2.45, 2.75) is 38.9 Å². The van der Waals surface area contributed by atoms with Gasteiger partial charge in [-0.25, -0.2) is 0 Å². The highest BCUT2D eigenvalue weighted by Gasteiger charge is 2.51. The van der Waals surface area contributed by atoms with Crippen molar-refractivity contribution in [2.24, 2.45) is 0 Å². The Hall–Kier alpha value is -5.42. The van der Waals surface area contributed by atoms with E-state index in [0.717, 1.165) is 33.7 Å². The topological polar surface area (TPSA) is 21.7 Å². The first-order valence-electron chi connectivity index (χ1n) is 17.4. The van der Waals surface area contributed by atoms with Crippen LogP contribution in [0.1, 0.15) is 27.7 Å². The van der Waals surface area contributed by atoms with Gasteiger partial charge in [0.2, 0.25) is 0 Å². The van der Waals surface area contributed by atoms with Gasteiger partial charge < -0.3 is 14.2 Å². The largest absolute Gasteiger partial charge is 0.494 e. The van der Waals surface area contributed by atoms with E-state index in [1.807, 2.05) is 0 Å². The van der Waals surface area contributed by atoms with E-state index in [4.69, 9.17) is 9.31 Å². The van der Waals surface area contributed by atoms with Crippen LogP contribution in [0.25, 0.3) is 44.2 Å². The van der Waals surface area contributed by atoms with Crippen LogP contribution in [0.5, 0.6) is 0 Å². The summed E-state index contributed by atoms with van der Waals surface area (Å²) in [5.41, 5.74) is 10.3. The van der Waals surface area contributed by atoms with Crippen molar-refractivity contribution in [1.82, 2.24) is 0 Å². The lowest BCUT2D eigenvalue weighted by molar-refractivity contribution is 0.00578. The molecule has 0 saturated carbocycles. The molecular formula is C46H40BNO2. The van der Waals surface area contributed by atoms with Gasteiger partial charge in [-0.2, -0.15) is 0 Å². The normalized spacial score (nSPS) is 14.9. The van der Waals surface area contributed by atoms with E-state index < -0.39 is 18.3 Å². The third kappa shape index (κ3) is 6.02. The second kappa shape index (κ2) is 12.8. The fourth-order valence-corrected chi connectivity index (χ4v) is 6.76. The van der Waals surface area contributed by atoms with Crippen molar-refractivity contribution < 1.29 is 9.31 Å². The molecule has 0 radical (unpaired) electrons. The first-order chi connectivity index (χ1) is 24.3. The lowest BCUT2D eigenvalue weighted by Gasteiger charge is -2.32. The second-order valence-electron chi connectivity index (χ2n) is 14.1. The standard InChI is InChI=1S/C46H40BNO2/c1-45(2)46(3,4)50-47(49-45)40-25-30-44(43(32-40)39-20-19-35-17-11-12-18-38(35)31-39)48(41-26-21-36(22-27-41)33-13-7-5-8-14-33)42-28-23-37(24-29-42)34-15-9-6-10-16-34/h5-32H,1-4H3. The molecule has 3 nitrogen and oxygen atoms in total. The molecule has 1 fully saturated rings. The van der Waals surface area contributed by atoms with E-state index in [1.165, 1.54) is 33.0 Å². The van der Waals surface area contributed by atoms with Gasteiger partial charge in [0, 0.05) is 16.9 Å². The van der Waals surface area contributed by atoms with Crippen molar-refractivity contribution in [3.05, 3.63) is 170 Å². The van der Waals surface area contributed by atoms with Gasteiger partial charge in [0.25, 0.3) is 0 Å². The number of benzene rings is 7. The van der Waals surface area contributed by atoms with Crippen LogP contribution >= 0.6 is 0 Å². The van der Waals surface area contributed by atoms with Crippen LogP contribution in [0.2, 0.25) is 0 Å². The highest BCUT2D eigenvalue weighted by molar-refractivity contribution is 6.62. The molecule has 0 atom stereocenters. The lowest BCUT2D eigenvalue weighted by Crippen LogP contribution is -2.41. The molecule has 1 aliphatic rings. The Morgan fingerprint density at radius 1 is 0.420 bits per heavy atom. The predicted molar refractivity (Wildman–Crippen MR) is 211 cm³/mol. The third-order valence-corrected chi connectivity index (χ3v) is 10.3. The molecule has 0 bridgehead atoms. The van der Waals surface area contributed by atoms with Gasteiger partial charge in [0.1, 0.15) is 0 Å². The van der Waals surface area contributed by atoms with Crippen molar-refractivity contribution in [3.8, 4) is 33.4 Å². The number of nitrogens with zero attached hydrogens (tertiary/aromatic N) is 1. The van der Waals surface area contributed by atoms with Crippen molar-refractivity contribution >= 4 is 40.4 Å². The quantitative estimate of drug-likeness (QED) is 0.160. The van der Waals surface area contributed by atoms with Crippen molar-refractivity contribution in [1.29, 1.82) is 0 Å². The smallest absolute Gasteiger partial charge is 0.399 e. The summed E-state index contributed by atoms with van der Waals surface area (Å²) in [6.07, 6.45) is 0. The molecule has 4 heteroatoms. The molecule has 50 heavy (non-hydrogen) atoms. The number of fused-ring (bicyclic) bond motifs is 1. The molecule has 1 saturated heterocycles. The van der Waals surface area contributed by atoms with Gasteiger partial charge in [-0.05, 0) is 108 Å². The van der Waals surface area contributed by atoms with Crippen LogP contribution in [0, 0.1) is 0 Å². The van der Waals surface area contributed by atoms with Gasteiger partial charge in [0.05, 0.1) is 16.9 Å². The molecule has 7 aromatic rings. The van der Waals surface area contributed by atoms with E-state index in [2.05, 4.69) is 202 Å². The maximum Gasteiger partial charge on any atom is 0.494 e. The number of hydrogen-bond acceptors (Lipinski definition) is 3. The minimum atomic E-state index is -0.475. The molecule has 0 N–H and O–H groups in total. The molecule has 1 aliphatic heterocycles. The monoisotopic (exact) mass is 649 g/mol. The molecule has 0 amide bonds. The fraction of sp³-hybridized carbons (Fsp3) is 0.130. The highest BCUT2D eigenvalue weighted by atomic mass is 16.7. The maximum absolute atomic E-state index is 6.56. The Morgan fingerprint density at radius 3 is 1.42 bits per heavy atom. The van der Waals surface area contributed by atoms with Crippen LogP contribution < -0.4 is 10.4 Å². The first-order valence-corrected chi connectivity index (χ1v) is 17.4. The zero-order chi connectivity index (χ0) is 34.3. The predicted octanol–water partition coefficient (Wildman–Crippen LogP) is 11.6. The molecular weight excluding hydrogens is 609 g/mol. The highest BCUT2D eigenvalue weighted by Crippen LogP contribution is 2.43. The molecule has 0 aromatic heterocycles. The summed E-state index contributed by atoms with van der Waals surface area (Å²) >= 11 is 0. The van der Waals surface area contributed by atoms with Crippen LogP contribution in [0.4, 0.5) is 17.1 Å². The minimum absolute atomic E-state index is 0.438. The SMILES string of the molecule is CC1(C)OB(c2ccc(N(c3ccc(-c4ccccc4)cc3)c3ccc(-c4ccccc4)cc3)c(-c3ccc4ccccc4c3)c2)OC1(C)C. The summed E-state index contributed by atoms with van der Waals surface area (Å²) in [4.78, 5) is 2.36. The van der Waals surface area contributed by atoms with Gasteiger partial charge in [-0.1, -0.05) is 133 Å². The first kappa shape index (κ1) is 31.8. The molecule has 7 aromatic carbocycles. The maximum atomic E-state index is 6.56. The fourth-order valence-electron chi connectivity index (χ4n) is 6.76. The average Bonchev–Trinajstić information content (AvgIpc) is 3.38. The van der Waals surface area contributed by atoms with E-state index >= 15 is 0 Å². The number of rotatable bonds is 7. The molecule has 0 aliphatic carbocycles. The van der Waals surface area contributed by atoms with Crippen molar-refractivity contribution in [3.63, 3.8) is 0 Å². The van der Waals surface area contributed by atoms with Crippen LogP contribution in [-0.2, 0) is 9.31 Å². The zero-order valence-corrected chi connectivity index (χ0v) is 29.0. The Labute approximate surface area is 295 Å². The Kier molecular flexibility index (Phi) is 8.15. The summed E-state index contributed by atoms with van der Waals surface area (Å²) < 4.78 is 13.1. The summed E-state index contributed by atoms with van der Waals surface area (Å²) in [6, 6.07) is 60.7. The molecule has 1 heterocycles. The Morgan fingerprint density at radius 2 is 0.880 bits per heavy atom. The van der Waals surface area contributed by atoms with E-state index in [0.29, 0.717) is 0 Å². The average molecular weight is 650 g/mol. The summed E-state index contributed by atoms with van der Waals surface area (Å²) in [7, 11) is -0.475. The van der Waals surface area contributed by atoms with Gasteiger partial charge >= 0.3 is 7.12 Å². The van der Waals surface area contributed by atoms with Gasteiger partial charge in [-0.3, -0.25) is 0 Å². The Balaban J connectivity index is 1.30. The van der Waals surface area contributed by atoms with E-state index in [1.54, 1.807) is 0 Å². The summed E-state index contributed by atoms with van der Waals surface area (Å²) in [5.74, 6) is 0. The van der Waals surface area contributed by atoms with E-state index in [9.17, 15) is 0 Å². The number of anilines is 3. The number of hydrogen-bond donors (Lipinski definition) is 0. The van der Waals surface area contributed by atoms with Gasteiger partial charge in [-0.15, -0.1) is 0 Å². The minimum Gasteiger partial charge on any atom is -0.399 e. The van der Waals surface area contributed by atoms with Crippen LogP contribution in [-0.4, -0.2) is 18.3 Å². The molecule has 0 unspecified atom stereocenters. The van der Waals surface area contributed by atoms with Gasteiger partial charge in [0.15, 0.2) is 0 Å². The van der Waals surface area contributed by atoms with E-state index in [-0.39, 0.29) is 0 Å². The summed E-state index contributed by atoms with van der Waals surface area (Å²) in [5, 5.41) is 2.41. The zero-order valence-electron chi connectivity index (χ0n) is 29.0. The van der Waals surface area contributed by atoms with Crippen LogP contribution in [0.3, 0.4) is 0 Å². The van der Waals surface area contributed by atoms with Crippen molar-refractivity contribution in [2.75, 3.05) is 4.90 Å². The summed E-state index contributed by atoms with van der Waals surface area (Å²) in [6.45, 7) is 8.41. The third-order valence-electron chi connectivity index (χ3n) is 10.3. The molecule has 0 spiro atoms. The molecule has 244 valence electrons. The molecule has 8 rings (SSSR count). The Bertz CT molecular complexity index is 2160. The lowest BCUT2D eigenvalue weighted by atomic mass is 9.77. The van der Waals surface area contributed by atoms with Crippen LogP contribution in [0.15, 0.2) is 170 Å². The second-order valence-corrected chi connectivity index (χ2v) is 14.1.